The van der Waals surface area contributed by atoms with E-state index in [0.29, 0.717) is 11.4 Å². The maximum atomic E-state index is 6.23. The minimum atomic E-state index is -0.729. The van der Waals surface area contributed by atoms with E-state index in [1.165, 1.54) is 14.2 Å². The van der Waals surface area contributed by atoms with Crippen LogP contribution in [0.4, 0.5) is 0 Å². The molecule has 0 N–H and O–H groups in total. The minimum Gasteiger partial charge on any atom is -0.481 e. The number of fused-ring (bicyclic) bond motifs is 1. The van der Waals surface area contributed by atoms with Gasteiger partial charge in [0.1, 0.15) is 24.4 Å². The van der Waals surface area contributed by atoms with E-state index in [-0.39, 0.29) is 30.9 Å². The van der Waals surface area contributed by atoms with Crippen molar-refractivity contribution in [1.29, 1.82) is 0 Å². The molecule has 2 aliphatic heterocycles. The molecule has 27 heavy (non-hydrogen) atoms. The summed E-state index contributed by atoms with van der Waals surface area (Å²) < 4.78 is 40.1. The predicted octanol–water partition coefficient (Wildman–Crippen LogP) is 1.85. The van der Waals surface area contributed by atoms with E-state index in [2.05, 4.69) is 9.97 Å². The van der Waals surface area contributed by atoms with Crippen molar-refractivity contribution in [2.45, 2.75) is 63.7 Å². The third-order valence-electron chi connectivity index (χ3n) is 4.68. The van der Waals surface area contributed by atoms with Gasteiger partial charge in [0, 0.05) is 13.3 Å². The minimum absolute atomic E-state index is 0.218. The molecule has 0 spiro atoms. The highest BCUT2D eigenvalue weighted by Gasteiger charge is 2.56. The summed E-state index contributed by atoms with van der Waals surface area (Å²) in [4.78, 5) is 8.43. The number of hydrogen-bond donors (Lipinski definition) is 0. The molecule has 1 aromatic rings. The van der Waals surface area contributed by atoms with Crippen molar-refractivity contribution in [3.63, 3.8) is 0 Å². The molecular weight excluding hydrogens is 356 g/mol. The molecule has 2 saturated heterocycles. The Balaban J connectivity index is 1.86. The van der Waals surface area contributed by atoms with E-state index in [0.717, 1.165) is 0 Å². The highest BCUT2D eigenvalue weighted by atomic mass is 16.8. The van der Waals surface area contributed by atoms with Crippen LogP contribution in [0.5, 0.6) is 11.9 Å². The van der Waals surface area contributed by atoms with Crippen molar-refractivity contribution in [2.75, 3.05) is 27.9 Å². The molecule has 0 aliphatic carbocycles. The van der Waals surface area contributed by atoms with Gasteiger partial charge in [0.05, 0.1) is 26.4 Å². The Hall–Kier alpha value is -1.52. The molecule has 0 bridgehead atoms. The molecule has 0 unspecified atom stereocenters. The van der Waals surface area contributed by atoms with Crippen molar-refractivity contribution >= 4 is 0 Å². The first-order chi connectivity index (χ1) is 12.7. The summed E-state index contributed by atoms with van der Waals surface area (Å²) in [5.41, 5.74) is 0.670. The van der Waals surface area contributed by atoms with Crippen LogP contribution in [0.1, 0.15) is 39.4 Å². The third kappa shape index (κ3) is 4.17. The first kappa shape index (κ1) is 20.2. The van der Waals surface area contributed by atoms with Crippen molar-refractivity contribution in [2.24, 2.45) is 0 Å². The molecule has 9 heteroatoms. The standard InChI is InChI=1S/C18H28N2O7/c1-17(2,23-7)24-9-11-13-14(27-18(3,4)26-13)12(25-11)10-8-19-16(22-6)20-15(10)21-5/h8,11-14H,9H2,1-7H3/t11-,12+,13-,14+/m1/s1. The van der Waals surface area contributed by atoms with Crippen LogP contribution >= 0.6 is 0 Å². The van der Waals surface area contributed by atoms with E-state index in [4.69, 9.17) is 33.2 Å². The van der Waals surface area contributed by atoms with Crippen LogP contribution < -0.4 is 9.47 Å². The number of aromatic nitrogens is 2. The average molecular weight is 384 g/mol. The lowest BCUT2D eigenvalue weighted by Crippen LogP contribution is -2.37. The van der Waals surface area contributed by atoms with Crippen molar-refractivity contribution < 1.29 is 33.2 Å². The van der Waals surface area contributed by atoms with Gasteiger partial charge in [-0.15, -0.1) is 0 Å². The zero-order chi connectivity index (χ0) is 19.8. The fourth-order valence-electron chi connectivity index (χ4n) is 3.23. The number of nitrogens with zero attached hydrogens (tertiary/aromatic N) is 2. The molecule has 0 amide bonds. The molecule has 3 rings (SSSR count). The van der Waals surface area contributed by atoms with E-state index >= 15 is 0 Å². The largest absolute Gasteiger partial charge is 0.481 e. The molecule has 0 radical (unpaired) electrons. The van der Waals surface area contributed by atoms with Gasteiger partial charge in [-0.25, -0.2) is 4.98 Å². The van der Waals surface area contributed by atoms with Gasteiger partial charge in [0.2, 0.25) is 5.88 Å². The van der Waals surface area contributed by atoms with Crippen molar-refractivity contribution in [3.05, 3.63) is 11.8 Å². The lowest BCUT2D eigenvalue weighted by molar-refractivity contribution is -0.230. The Kier molecular flexibility index (Phi) is 5.60. The molecule has 152 valence electrons. The molecule has 0 saturated carbocycles. The van der Waals surface area contributed by atoms with Crippen LogP contribution in [0.25, 0.3) is 0 Å². The van der Waals surface area contributed by atoms with Crippen molar-refractivity contribution in [3.8, 4) is 11.9 Å². The maximum Gasteiger partial charge on any atom is 0.319 e. The van der Waals surface area contributed by atoms with E-state index in [1.807, 2.05) is 27.7 Å². The van der Waals surface area contributed by atoms with Gasteiger partial charge in [-0.2, -0.15) is 4.98 Å². The molecule has 3 heterocycles. The fraction of sp³-hybridized carbons (Fsp3) is 0.778. The zero-order valence-electron chi connectivity index (χ0n) is 16.8. The average Bonchev–Trinajstić information content (AvgIpc) is 3.12. The van der Waals surface area contributed by atoms with Crippen LogP contribution in [0.15, 0.2) is 6.20 Å². The Labute approximate surface area is 159 Å². The van der Waals surface area contributed by atoms with Gasteiger partial charge in [0.15, 0.2) is 11.6 Å². The highest BCUT2D eigenvalue weighted by molar-refractivity contribution is 5.30. The summed E-state index contributed by atoms with van der Waals surface area (Å²) in [6.45, 7) is 7.72. The monoisotopic (exact) mass is 384 g/mol. The molecular formula is C18H28N2O7. The molecule has 0 aromatic carbocycles. The smallest absolute Gasteiger partial charge is 0.319 e. The molecule has 4 atom stereocenters. The van der Waals surface area contributed by atoms with Gasteiger partial charge < -0.3 is 33.2 Å². The molecule has 9 nitrogen and oxygen atoms in total. The van der Waals surface area contributed by atoms with E-state index < -0.39 is 17.7 Å². The lowest BCUT2D eigenvalue weighted by Gasteiger charge is -2.28. The first-order valence-electron chi connectivity index (χ1n) is 8.85. The summed E-state index contributed by atoms with van der Waals surface area (Å²) in [7, 11) is 4.63. The van der Waals surface area contributed by atoms with Crippen LogP contribution in [0.3, 0.4) is 0 Å². The van der Waals surface area contributed by atoms with Gasteiger partial charge in [-0.3, -0.25) is 0 Å². The predicted molar refractivity (Wildman–Crippen MR) is 93.6 cm³/mol. The van der Waals surface area contributed by atoms with E-state index in [1.54, 1.807) is 13.3 Å². The van der Waals surface area contributed by atoms with Crippen LogP contribution in [0, 0.1) is 0 Å². The summed E-state index contributed by atoms with van der Waals surface area (Å²) >= 11 is 0. The number of hydrogen-bond acceptors (Lipinski definition) is 9. The van der Waals surface area contributed by atoms with Gasteiger partial charge >= 0.3 is 6.01 Å². The zero-order valence-corrected chi connectivity index (χ0v) is 16.8. The van der Waals surface area contributed by atoms with E-state index in [9.17, 15) is 0 Å². The molecule has 2 fully saturated rings. The summed E-state index contributed by atoms with van der Waals surface area (Å²) in [5.74, 6) is -1.09. The Morgan fingerprint density at radius 1 is 1.11 bits per heavy atom. The highest BCUT2D eigenvalue weighted by Crippen LogP contribution is 2.47. The summed E-state index contributed by atoms with van der Waals surface area (Å²) in [6.07, 6.45) is 0.179. The normalized spacial score (nSPS) is 29.6. The summed E-state index contributed by atoms with van der Waals surface area (Å²) in [6, 6.07) is 0.218. The van der Waals surface area contributed by atoms with Gasteiger partial charge in [-0.05, 0) is 27.7 Å². The number of methoxy groups -OCH3 is 3. The molecule has 2 aliphatic rings. The summed E-state index contributed by atoms with van der Waals surface area (Å²) in [5, 5.41) is 0. The number of rotatable bonds is 7. The second-order valence-electron chi connectivity index (χ2n) is 7.40. The SMILES string of the molecule is COc1ncc([C@@H]2O[C@H](COC(C)(C)OC)[C@H]3OC(C)(C)O[C@H]32)c(OC)n1. The quantitative estimate of drug-likeness (QED) is 0.653. The Morgan fingerprint density at radius 3 is 2.44 bits per heavy atom. The van der Waals surface area contributed by atoms with Gasteiger partial charge in [0.25, 0.3) is 0 Å². The van der Waals surface area contributed by atoms with Crippen LogP contribution in [-0.2, 0) is 23.7 Å². The fourth-order valence-corrected chi connectivity index (χ4v) is 3.23. The maximum absolute atomic E-state index is 6.23. The van der Waals surface area contributed by atoms with Gasteiger partial charge in [-0.1, -0.05) is 0 Å². The number of ether oxygens (including phenoxy) is 7. The molecule has 1 aromatic heterocycles. The third-order valence-corrected chi connectivity index (χ3v) is 4.68. The second kappa shape index (κ2) is 7.48. The van der Waals surface area contributed by atoms with Crippen LogP contribution in [0.2, 0.25) is 0 Å². The van der Waals surface area contributed by atoms with Crippen LogP contribution in [-0.4, -0.2) is 67.8 Å². The Morgan fingerprint density at radius 2 is 1.81 bits per heavy atom. The second-order valence-corrected chi connectivity index (χ2v) is 7.40. The topological polar surface area (TPSA) is 90.4 Å². The lowest BCUT2D eigenvalue weighted by atomic mass is 10.0. The first-order valence-corrected chi connectivity index (χ1v) is 8.85. The Bertz CT molecular complexity index is 667. The van der Waals surface area contributed by atoms with Crippen molar-refractivity contribution in [1.82, 2.24) is 9.97 Å².